The van der Waals surface area contributed by atoms with Crippen LogP contribution in [0.25, 0.3) is 0 Å². The van der Waals surface area contributed by atoms with E-state index in [9.17, 15) is 9.18 Å². The van der Waals surface area contributed by atoms with Crippen molar-refractivity contribution in [1.29, 1.82) is 0 Å². The highest BCUT2D eigenvalue weighted by Crippen LogP contribution is 2.24. The highest BCUT2D eigenvalue weighted by atomic mass is 79.9. The van der Waals surface area contributed by atoms with Crippen LogP contribution in [0.3, 0.4) is 0 Å². The van der Waals surface area contributed by atoms with E-state index in [0.29, 0.717) is 22.0 Å². The molecule has 1 aromatic carbocycles. The van der Waals surface area contributed by atoms with Gasteiger partial charge < -0.3 is 0 Å². The molecule has 0 atom stereocenters. The molecule has 1 N–H and O–H groups in total. The quantitative estimate of drug-likeness (QED) is 0.515. The molecule has 0 unspecified atom stereocenters. The number of aldehydes is 1. The van der Waals surface area contributed by atoms with Crippen molar-refractivity contribution >= 4 is 34.1 Å². The summed E-state index contributed by atoms with van der Waals surface area (Å²) in [6.07, 6.45) is 2.14. The van der Waals surface area contributed by atoms with Gasteiger partial charge in [0.1, 0.15) is 5.82 Å². The first-order chi connectivity index (χ1) is 6.69. The minimum Gasteiger partial charge on any atom is -0.298 e. The average molecular weight is 259 g/mol. The number of hydrogen-bond acceptors (Lipinski definition) is 3. The molecule has 0 aliphatic carbocycles. The molecule has 0 aliphatic rings. The molecule has 0 aromatic heterocycles. The van der Waals surface area contributed by atoms with Crippen LogP contribution >= 0.6 is 15.9 Å². The molecule has 0 amide bonds. The van der Waals surface area contributed by atoms with E-state index in [1.807, 2.05) is 0 Å². The first-order valence-electron chi connectivity index (χ1n) is 3.87. The van der Waals surface area contributed by atoms with Gasteiger partial charge in [0, 0.05) is 10.7 Å². The number of rotatable bonds is 3. The Morgan fingerprint density at radius 3 is 2.86 bits per heavy atom. The zero-order chi connectivity index (χ0) is 10.6. The monoisotopic (exact) mass is 258 g/mol. The van der Waals surface area contributed by atoms with Crippen molar-refractivity contribution in [2.45, 2.75) is 6.92 Å². The largest absolute Gasteiger partial charge is 0.298 e. The Labute approximate surface area is 89.1 Å². The molecule has 3 nitrogen and oxygen atoms in total. The highest BCUT2D eigenvalue weighted by molar-refractivity contribution is 9.10. The molecule has 0 saturated heterocycles. The summed E-state index contributed by atoms with van der Waals surface area (Å²) in [6.45, 7) is 1.71. The molecule has 0 spiro atoms. The summed E-state index contributed by atoms with van der Waals surface area (Å²) in [5, 5.41) is 3.71. The molecule has 0 radical (unpaired) electrons. The van der Waals surface area contributed by atoms with Crippen LogP contribution < -0.4 is 5.43 Å². The average Bonchev–Trinajstić information content (AvgIpc) is 2.14. The van der Waals surface area contributed by atoms with Gasteiger partial charge in [-0.1, -0.05) is 0 Å². The van der Waals surface area contributed by atoms with E-state index >= 15 is 0 Å². The van der Waals surface area contributed by atoms with E-state index in [2.05, 4.69) is 26.5 Å². The Balaban J connectivity index is 3.17. The minimum atomic E-state index is -0.434. The van der Waals surface area contributed by atoms with Crippen LogP contribution in [-0.2, 0) is 0 Å². The molecular weight excluding hydrogens is 251 g/mol. The number of carbonyl (C=O) groups is 1. The van der Waals surface area contributed by atoms with Crippen LogP contribution in [0.15, 0.2) is 21.7 Å². The van der Waals surface area contributed by atoms with Crippen LogP contribution in [0, 0.1) is 5.82 Å². The number of hydrogen-bond donors (Lipinski definition) is 1. The lowest BCUT2D eigenvalue weighted by molar-refractivity contribution is 0.112. The topological polar surface area (TPSA) is 41.5 Å². The maximum absolute atomic E-state index is 12.9. The second-order valence-electron chi connectivity index (χ2n) is 2.47. The summed E-state index contributed by atoms with van der Waals surface area (Å²) in [4.78, 5) is 10.7. The molecule has 0 fully saturated rings. The predicted molar refractivity (Wildman–Crippen MR) is 57.3 cm³/mol. The van der Waals surface area contributed by atoms with E-state index in [-0.39, 0.29) is 0 Å². The Morgan fingerprint density at radius 1 is 1.57 bits per heavy atom. The summed E-state index contributed by atoms with van der Waals surface area (Å²) in [7, 11) is 0. The number of nitrogens with one attached hydrogen (secondary N) is 1. The van der Waals surface area contributed by atoms with Gasteiger partial charge in [0.05, 0.1) is 11.3 Å². The summed E-state index contributed by atoms with van der Waals surface area (Å²) in [5.74, 6) is -0.434. The highest BCUT2D eigenvalue weighted by Gasteiger charge is 2.07. The van der Waals surface area contributed by atoms with Gasteiger partial charge in [-0.3, -0.25) is 10.2 Å². The molecule has 0 saturated carbocycles. The molecule has 0 aliphatic heterocycles. The Morgan fingerprint density at radius 2 is 2.29 bits per heavy atom. The number of carbonyl (C=O) groups excluding carboxylic acids is 1. The third kappa shape index (κ3) is 2.38. The standard InChI is InChI=1S/C9H8BrFN2O/c1-2-12-13-9-4-6(11)3-8(10)7(9)5-14/h2-5,13H,1H3/b12-2-. The zero-order valence-electron chi connectivity index (χ0n) is 7.42. The normalized spacial score (nSPS) is 10.5. The van der Waals surface area contributed by atoms with E-state index in [4.69, 9.17) is 0 Å². The fourth-order valence-corrected chi connectivity index (χ4v) is 1.46. The van der Waals surface area contributed by atoms with Crippen molar-refractivity contribution in [3.8, 4) is 0 Å². The van der Waals surface area contributed by atoms with Crippen LogP contribution in [-0.4, -0.2) is 12.5 Å². The summed E-state index contributed by atoms with van der Waals surface area (Å²) in [6, 6.07) is 2.44. The van der Waals surface area contributed by atoms with E-state index < -0.39 is 5.82 Å². The number of anilines is 1. The maximum Gasteiger partial charge on any atom is 0.153 e. The van der Waals surface area contributed by atoms with Gasteiger partial charge in [0.2, 0.25) is 0 Å². The van der Waals surface area contributed by atoms with Crippen LogP contribution in [0.4, 0.5) is 10.1 Å². The summed E-state index contributed by atoms with van der Waals surface area (Å²) < 4.78 is 13.3. The summed E-state index contributed by atoms with van der Waals surface area (Å²) in [5.41, 5.74) is 3.25. The van der Waals surface area contributed by atoms with Gasteiger partial charge in [0.15, 0.2) is 6.29 Å². The third-order valence-electron chi connectivity index (χ3n) is 1.53. The summed E-state index contributed by atoms with van der Waals surface area (Å²) >= 11 is 3.09. The van der Waals surface area contributed by atoms with Crippen molar-refractivity contribution in [2.24, 2.45) is 5.10 Å². The van der Waals surface area contributed by atoms with Crippen molar-refractivity contribution in [3.05, 3.63) is 28.0 Å². The van der Waals surface area contributed by atoms with Crippen LogP contribution in [0.5, 0.6) is 0 Å². The van der Waals surface area contributed by atoms with Crippen molar-refractivity contribution in [3.63, 3.8) is 0 Å². The molecule has 5 heteroatoms. The fraction of sp³-hybridized carbons (Fsp3) is 0.111. The number of benzene rings is 1. The molecule has 0 heterocycles. The van der Waals surface area contributed by atoms with Crippen molar-refractivity contribution in [2.75, 3.05) is 5.43 Å². The molecule has 74 valence electrons. The van der Waals surface area contributed by atoms with Crippen molar-refractivity contribution < 1.29 is 9.18 Å². The van der Waals surface area contributed by atoms with E-state index in [1.165, 1.54) is 18.3 Å². The van der Waals surface area contributed by atoms with E-state index in [1.54, 1.807) is 6.92 Å². The van der Waals surface area contributed by atoms with Crippen molar-refractivity contribution in [1.82, 2.24) is 0 Å². The van der Waals surface area contributed by atoms with Gasteiger partial charge in [-0.15, -0.1) is 0 Å². The molecule has 1 aromatic rings. The van der Waals surface area contributed by atoms with Gasteiger partial charge >= 0.3 is 0 Å². The second kappa shape index (κ2) is 4.85. The van der Waals surface area contributed by atoms with E-state index in [0.717, 1.165) is 0 Å². The lowest BCUT2D eigenvalue weighted by atomic mass is 10.2. The molecule has 14 heavy (non-hydrogen) atoms. The Bertz CT molecular complexity index is 379. The molecular formula is C9H8BrFN2O. The van der Waals surface area contributed by atoms with Gasteiger partial charge in [-0.05, 0) is 35.0 Å². The number of nitrogens with zero attached hydrogens (tertiary/aromatic N) is 1. The van der Waals surface area contributed by atoms with Crippen LogP contribution in [0.1, 0.15) is 17.3 Å². The fourth-order valence-electron chi connectivity index (χ4n) is 0.931. The molecule has 1 rings (SSSR count). The smallest absolute Gasteiger partial charge is 0.153 e. The SMILES string of the molecule is C/C=N\Nc1cc(F)cc(Br)c1C=O. The van der Waals surface area contributed by atoms with Crippen LogP contribution in [0.2, 0.25) is 0 Å². The minimum absolute atomic E-state index is 0.338. The lowest BCUT2D eigenvalue weighted by Crippen LogP contribution is -1.96. The second-order valence-corrected chi connectivity index (χ2v) is 3.32. The van der Waals surface area contributed by atoms with Gasteiger partial charge in [-0.25, -0.2) is 4.39 Å². The lowest BCUT2D eigenvalue weighted by Gasteiger charge is -2.05. The number of halogens is 2. The predicted octanol–water partition coefficient (Wildman–Crippen LogP) is 2.82. The van der Waals surface area contributed by atoms with Gasteiger partial charge in [0.25, 0.3) is 0 Å². The third-order valence-corrected chi connectivity index (χ3v) is 2.18. The Hall–Kier alpha value is -1.23. The van der Waals surface area contributed by atoms with Gasteiger partial charge in [-0.2, -0.15) is 5.10 Å². The first-order valence-corrected chi connectivity index (χ1v) is 4.66. The molecule has 0 bridgehead atoms. The Kier molecular flexibility index (Phi) is 3.76. The zero-order valence-corrected chi connectivity index (χ0v) is 9.01. The number of hydrazone groups is 1. The maximum atomic E-state index is 12.9. The first kappa shape index (κ1) is 10.8.